The third-order valence-electron chi connectivity index (χ3n) is 3.14. The van der Waals surface area contributed by atoms with E-state index in [9.17, 15) is 9.59 Å². The van der Waals surface area contributed by atoms with Crippen LogP contribution in [0.5, 0.6) is 0 Å². The second-order valence-electron chi connectivity index (χ2n) is 4.69. The third kappa shape index (κ3) is 3.93. The van der Waals surface area contributed by atoms with Crippen molar-refractivity contribution < 1.29 is 19.1 Å². The van der Waals surface area contributed by atoms with Crippen molar-refractivity contribution >= 4 is 23.8 Å². The minimum absolute atomic E-state index is 0.129. The highest BCUT2D eigenvalue weighted by Gasteiger charge is 2.17. The summed E-state index contributed by atoms with van der Waals surface area (Å²) in [6.45, 7) is 2.43. The second kappa shape index (κ2) is 6.69. The molecule has 1 aromatic rings. The molecule has 1 aliphatic heterocycles. The Labute approximate surface area is 121 Å². The molecule has 110 valence electrons. The molecule has 0 saturated carbocycles. The highest BCUT2D eigenvalue weighted by Crippen LogP contribution is 2.25. The molecule has 0 spiro atoms. The van der Waals surface area contributed by atoms with Gasteiger partial charge < -0.3 is 20.2 Å². The Kier molecular flexibility index (Phi) is 4.94. The number of hydrogen-bond donors (Lipinski definition) is 3. The van der Waals surface area contributed by atoms with E-state index in [1.807, 2.05) is 11.8 Å². The first-order chi connectivity index (χ1) is 9.56. The van der Waals surface area contributed by atoms with E-state index in [0.29, 0.717) is 23.3 Å². The molecule has 1 atom stereocenters. The quantitative estimate of drug-likeness (QED) is 0.773. The van der Waals surface area contributed by atoms with E-state index in [1.165, 1.54) is 12.5 Å². The minimum atomic E-state index is -1.03. The molecule has 0 radical (unpaired) electrons. The van der Waals surface area contributed by atoms with Crippen molar-refractivity contribution in [2.75, 3.05) is 12.3 Å². The van der Waals surface area contributed by atoms with E-state index < -0.39 is 5.97 Å². The largest absolute Gasteiger partial charge is 0.478 e. The molecule has 20 heavy (non-hydrogen) atoms. The zero-order valence-electron chi connectivity index (χ0n) is 11.3. The van der Waals surface area contributed by atoms with Gasteiger partial charge in [0, 0.05) is 11.8 Å². The van der Waals surface area contributed by atoms with Crippen molar-refractivity contribution in [2.45, 2.75) is 31.6 Å². The lowest BCUT2D eigenvalue weighted by atomic mass is 10.2. The predicted octanol–water partition coefficient (Wildman–Crippen LogP) is 1.98. The van der Waals surface area contributed by atoms with Gasteiger partial charge in [-0.2, -0.15) is 11.8 Å². The topological polar surface area (TPSA) is 91.6 Å². The van der Waals surface area contributed by atoms with Crippen molar-refractivity contribution in [3.05, 3.63) is 23.2 Å². The summed E-state index contributed by atoms with van der Waals surface area (Å²) in [7, 11) is 0. The van der Waals surface area contributed by atoms with Gasteiger partial charge in [0.25, 0.3) is 0 Å². The lowest BCUT2D eigenvalue weighted by Crippen LogP contribution is -2.38. The van der Waals surface area contributed by atoms with Crippen LogP contribution in [0, 0.1) is 6.92 Å². The molecule has 0 aromatic carbocycles. The van der Waals surface area contributed by atoms with Crippen LogP contribution < -0.4 is 10.6 Å². The third-order valence-corrected chi connectivity index (χ3v) is 4.53. The smallest absolute Gasteiger partial charge is 0.339 e. The summed E-state index contributed by atoms with van der Waals surface area (Å²) in [6.07, 6.45) is 2.35. The molecule has 0 bridgehead atoms. The fourth-order valence-electron chi connectivity index (χ4n) is 2.08. The molecule has 3 N–H and O–H groups in total. The van der Waals surface area contributed by atoms with E-state index in [2.05, 4.69) is 10.6 Å². The van der Waals surface area contributed by atoms with Gasteiger partial charge in [-0.25, -0.2) is 9.59 Å². The summed E-state index contributed by atoms with van der Waals surface area (Å²) < 4.78 is 5.28. The van der Waals surface area contributed by atoms with Crippen molar-refractivity contribution in [1.29, 1.82) is 0 Å². The Balaban J connectivity index is 1.75. The van der Waals surface area contributed by atoms with Crippen LogP contribution in [0.1, 0.15) is 34.7 Å². The fraction of sp³-hybridized carbons (Fsp3) is 0.538. The maximum atomic E-state index is 11.6. The first-order valence-corrected chi connectivity index (χ1v) is 7.57. The van der Waals surface area contributed by atoms with Gasteiger partial charge in [0.1, 0.15) is 17.1 Å². The minimum Gasteiger partial charge on any atom is -0.478 e. The number of rotatable bonds is 5. The van der Waals surface area contributed by atoms with Gasteiger partial charge in [-0.1, -0.05) is 0 Å². The van der Waals surface area contributed by atoms with Gasteiger partial charge >= 0.3 is 12.0 Å². The lowest BCUT2D eigenvalue weighted by molar-refractivity contribution is 0.0695. The molecule has 1 aliphatic rings. The summed E-state index contributed by atoms with van der Waals surface area (Å²) in [4.78, 5) is 22.5. The molecule has 1 saturated heterocycles. The standard InChI is InChI=1S/C13H18N2O4S/c1-8-11(12(16)17)5-9(19-8)6-14-13(18)15-7-10-3-2-4-20-10/h5,10H,2-4,6-7H2,1H3,(H,16,17)(H2,14,15,18). The summed E-state index contributed by atoms with van der Waals surface area (Å²) in [6, 6.07) is 1.17. The molecular weight excluding hydrogens is 280 g/mol. The van der Waals surface area contributed by atoms with Crippen LogP contribution in [-0.2, 0) is 6.54 Å². The first kappa shape index (κ1) is 14.8. The van der Waals surface area contributed by atoms with Gasteiger partial charge in [-0.3, -0.25) is 0 Å². The van der Waals surface area contributed by atoms with Crippen molar-refractivity contribution in [3.63, 3.8) is 0 Å². The zero-order valence-corrected chi connectivity index (χ0v) is 12.1. The normalized spacial score (nSPS) is 17.9. The number of carboxylic acid groups (broad SMARTS) is 1. The van der Waals surface area contributed by atoms with Crippen molar-refractivity contribution in [3.8, 4) is 0 Å². The first-order valence-electron chi connectivity index (χ1n) is 6.52. The van der Waals surface area contributed by atoms with Gasteiger partial charge in [0.15, 0.2) is 0 Å². The highest BCUT2D eigenvalue weighted by atomic mass is 32.2. The summed E-state index contributed by atoms with van der Waals surface area (Å²) >= 11 is 1.88. The summed E-state index contributed by atoms with van der Waals surface area (Å²) in [5.41, 5.74) is 0.129. The number of furan rings is 1. The van der Waals surface area contributed by atoms with Crippen molar-refractivity contribution in [1.82, 2.24) is 10.6 Å². The van der Waals surface area contributed by atoms with Crippen molar-refractivity contribution in [2.24, 2.45) is 0 Å². The molecule has 2 amide bonds. The molecule has 1 aromatic heterocycles. The zero-order chi connectivity index (χ0) is 14.5. The van der Waals surface area contributed by atoms with Gasteiger partial charge in [0.2, 0.25) is 0 Å². The number of carboxylic acids is 1. The maximum Gasteiger partial charge on any atom is 0.339 e. The number of thioether (sulfide) groups is 1. The van der Waals surface area contributed by atoms with E-state index in [4.69, 9.17) is 9.52 Å². The van der Waals surface area contributed by atoms with Crippen LogP contribution in [0.15, 0.2) is 10.5 Å². The highest BCUT2D eigenvalue weighted by molar-refractivity contribution is 8.00. The molecule has 6 nitrogen and oxygen atoms in total. The number of urea groups is 1. The lowest BCUT2D eigenvalue weighted by Gasteiger charge is -2.10. The second-order valence-corrected chi connectivity index (χ2v) is 6.09. The van der Waals surface area contributed by atoms with Crippen LogP contribution in [0.3, 0.4) is 0 Å². The number of carbonyl (C=O) groups excluding carboxylic acids is 1. The number of aromatic carboxylic acids is 1. The average Bonchev–Trinajstić information content (AvgIpc) is 3.03. The molecule has 1 unspecified atom stereocenters. The van der Waals surface area contributed by atoms with Crippen LogP contribution in [0.25, 0.3) is 0 Å². The fourth-order valence-corrected chi connectivity index (χ4v) is 3.29. The number of amides is 2. The van der Waals surface area contributed by atoms with Crippen LogP contribution in [0.2, 0.25) is 0 Å². The Bertz CT molecular complexity index is 495. The molecule has 0 aliphatic carbocycles. The number of aryl methyl sites for hydroxylation is 1. The van der Waals surface area contributed by atoms with E-state index >= 15 is 0 Å². The van der Waals surface area contributed by atoms with Crippen LogP contribution in [0.4, 0.5) is 4.79 Å². The molecule has 2 heterocycles. The predicted molar refractivity (Wildman–Crippen MR) is 76.1 cm³/mol. The SMILES string of the molecule is Cc1oc(CNC(=O)NCC2CCCS2)cc1C(=O)O. The molecule has 1 fully saturated rings. The van der Waals surface area contributed by atoms with Crippen LogP contribution in [-0.4, -0.2) is 34.7 Å². The van der Waals surface area contributed by atoms with Gasteiger partial charge in [0.05, 0.1) is 6.54 Å². The summed E-state index contributed by atoms with van der Waals surface area (Å²) in [5.74, 6) is 0.917. The van der Waals surface area contributed by atoms with E-state index in [-0.39, 0.29) is 18.1 Å². The molecular formula is C13H18N2O4S. The molecule has 7 heteroatoms. The summed E-state index contributed by atoms with van der Waals surface area (Å²) in [5, 5.41) is 14.9. The average molecular weight is 298 g/mol. The number of carbonyl (C=O) groups is 2. The van der Waals surface area contributed by atoms with E-state index in [0.717, 1.165) is 12.2 Å². The Morgan fingerprint density at radius 1 is 1.50 bits per heavy atom. The Hall–Kier alpha value is -1.63. The molecule has 2 rings (SSSR count). The number of hydrogen-bond acceptors (Lipinski definition) is 4. The van der Waals surface area contributed by atoms with E-state index in [1.54, 1.807) is 6.92 Å². The van der Waals surface area contributed by atoms with Gasteiger partial charge in [-0.05, 0) is 31.6 Å². The van der Waals surface area contributed by atoms with Gasteiger partial charge in [-0.15, -0.1) is 0 Å². The Morgan fingerprint density at radius 2 is 2.30 bits per heavy atom. The monoisotopic (exact) mass is 298 g/mol. The maximum absolute atomic E-state index is 11.6. The van der Waals surface area contributed by atoms with Crippen LogP contribution >= 0.6 is 11.8 Å². The number of nitrogens with one attached hydrogen (secondary N) is 2. The Morgan fingerprint density at radius 3 is 2.90 bits per heavy atom.